The van der Waals surface area contributed by atoms with Crippen LogP contribution < -0.4 is 0 Å². The Balaban J connectivity index is 1.99. The van der Waals surface area contributed by atoms with Crippen LogP contribution >= 0.6 is 7.60 Å². The molecule has 4 rings (SSSR count). The van der Waals surface area contributed by atoms with Crippen molar-refractivity contribution in [1.29, 1.82) is 0 Å². The van der Waals surface area contributed by atoms with Crippen LogP contribution in [0.2, 0.25) is 0 Å². The lowest BCUT2D eigenvalue weighted by Crippen LogP contribution is -2.75. The molecule has 2 N–H and O–H groups in total. The highest BCUT2D eigenvalue weighted by Crippen LogP contribution is 2.55. The van der Waals surface area contributed by atoms with E-state index in [4.69, 9.17) is 0 Å². The lowest BCUT2D eigenvalue weighted by Gasteiger charge is -2.60. The highest BCUT2D eigenvalue weighted by atomic mass is 31.2. The zero-order valence-corrected chi connectivity index (χ0v) is 8.73. The van der Waals surface area contributed by atoms with Crippen molar-refractivity contribution in [3.63, 3.8) is 0 Å². The van der Waals surface area contributed by atoms with Crippen molar-refractivity contribution in [2.45, 2.75) is 5.16 Å². The maximum Gasteiger partial charge on any atom is 0.335 e. The molecule has 4 bridgehead atoms. The second kappa shape index (κ2) is 2.58. The van der Waals surface area contributed by atoms with Crippen LogP contribution in [-0.4, -0.2) is 69.3 Å². The van der Waals surface area contributed by atoms with Crippen LogP contribution in [0, 0.1) is 0 Å². The van der Waals surface area contributed by atoms with Crippen molar-refractivity contribution in [1.82, 2.24) is 14.7 Å². The summed E-state index contributed by atoms with van der Waals surface area (Å²) in [7, 11) is -3.99. The maximum atomic E-state index is 11.5. The largest absolute Gasteiger partial charge is 0.335 e. The summed E-state index contributed by atoms with van der Waals surface area (Å²) in [5.74, 6) is 0. The van der Waals surface area contributed by atoms with E-state index in [0.717, 1.165) is 20.0 Å². The monoisotopic (exact) mass is 219 g/mol. The molecular formula is C7H14N3O3P. The Morgan fingerprint density at radius 2 is 1.29 bits per heavy atom. The summed E-state index contributed by atoms with van der Waals surface area (Å²) < 4.78 is 11.5. The summed E-state index contributed by atoms with van der Waals surface area (Å²) in [6.45, 7) is 4.22. The van der Waals surface area contributed by atoms with Gasteiger partial charge in [0, 0.05) is 19.6 Å². The number of rotatable bonds is 1. The summed E-state index contributed by atoms with van der Waals surface area (Å²) in [5.41, 5.74) is 0. The Morgan fingerprint density at radius 3 is 1.57 bits per heavy atom. The van der Waals surface area contributed by atoms with E-state index in [1.54, 1.807) is 0 Å². The minimum absolute atomic E-state index is 0.546. The average molecular weight is 219 g/mol. The molecule has 0 amide bonds. The second-order valence-electron chi connectivity index (χ2n) is 4.68. The van der Waals surface area contributed by atoms with Gasteiger partial charge in [0.15, 0.2) is 0 Å². The third-order valence-corrected chi connectivity index (χ3v) is 5.03. The first kappa shape index (κ1) is 9.27. The molecule has 4 fully saturated rings. The van der Waals surface area contributed by atoms with Crippen molar-refractivity contribution >= 4 is 7.60 Å². The fourth-order valence-corrected chi connectivity index (χ4v) is 4.11. The predicted molar refractivity (Wildman–Crippen MR) is 49.5 cm³/mol. The molecule has 0 atom stereocenters. The van der Waals surface area contributed by atoms with Gasteiger partial charge in [-0.1, -0.05) is 0 Å². The molecule has 0 spiro atoms. The Kier molecular flexibility index (Phi) is 1.71. The summed E-state index contributed by atoms with van der Waals surface area (Å²) >= 11 is 0. The van der Waals surface area contributed by atoms with Gasteiger partial charge in [0.2, 0.25) is 0 Å². The van der Waals surface area contributed by atoms with Gasteiger partial charge >= 0.3 is 7.60 Å². The van der Waals surface area contributed by atoms with Crippen LogP contribution in [0.25, 0.3) is 0 Å². The first-order valence-corrected chi connectivity index (χ1v) is 6.33. The molecule has 0 radical (unpaired) electrons. The smallest absolute Gasteiger partial charge is 0.324 e. The number of nitrogens with zero attached hydrogens (tertiary/aromatic N) is 3. The van der Waals surface area contributed by atoms with Crippen LogP contribution in [0.1, 0.15) is 0 Å². The summed E-state index contributed by atoms with van der Waals surface area (Å²) in [5, 5.41) is -0.818. The second-order valence-corrected chi connectivity index (χ2v) is 6.72. The predicted octanol–water partition coefficient (Wildman–Crippen LogP) is -1.28. The summed E-state index contributed by atoms with van der Waals surface area (Å²) in [6.07, 6.45) is 0. The van der Waals surface area contributed by atoms with Gasteiger partial charge in [0.05, 0.1) is 20.0 Å². The Labute approximate surface area is 82.2 Å². The molecule has 14 heavy (non-hydrogen) atoms. The fraction of sp³-hybridized carbons (Fsp3) is 1.00. The molecule has 4 aliphatic heterocycles. The van der Waals surface area contributed by atoms with Gasteiger partial charge in [-0.25, -0.2) is 0 Å². The lowest BCUT2D eigenvalue weighted by molar-refractivity contribution is -0.125. The van der Waals surface area contributed by atoms with E-state index < -0.39 is 12.8 Å². The summed E-state index contributed by atoms with van der Waals surface area (Å²) in [4.78, 5) is 25.1. The summed E-state index contributed by atoms with van der Waals surface area (Å²) in [6, 6.07) is 0. The van der Waals surface area contributed by atoms with E-state index in [9.17, 15) is 14.4 Å². The van der Waals surface area contributed by atoms with E-state index in [1.807, 2.05) is 0 Å². The molecule has 0 aliphatic carbocycles. The quantitative estimate of drug-likeness (QED) is 0.536. The molecule has 0 aromatic carbocycles. The van der Waals surface area contributed by atoms with Crippen LogP contribution in [0.15, 0.2) is 0 Å². The van der Waals surface area contributed by atoms with Crippen LogP contribution in [-0.2, 0) is 4.57 Å². The molecule has 80 valence electrons. The standard InChI is InChI=1S/C7H14N3O3P/c11-14(12,13)7-1-8-4-9(2-7)6-10(3-7)5-8/h1-6H2,(H2,11,12,13). The van der Waals surface area contributed by atoms with Gasteiger partial charge < -0.3 is 9.79 Å². The van der Waals surface area contributed by atoms with Gasteiger partial charge in [-0.05, 0) is 0 Å². The van der Waals surface area contributed by atoms with Gasteiger partial charge in [0.1, 0.15) is 5.16 Å². The van der Waals surface area contributed by atoms with Crippen LogP contribution in [0.5, 0.6) is 0 Å². The molecular weight excluding hydrogens is 205 g/mol. The van der Waals surface area contributed by atoms with Crippen molar-refractivity contribution in [3.8, 4) is 0 Å². The average Bonchev–Trinajstić information content (AvgIpc) is 1.98. The molecule has 6 nitrogen and oxygen atoms in total. The van der Waals surface area contributed by atoms with Gasteiger partial charge in [-0.2, -0.15) is 0 Å². The Morgan fingerprint density at radius 1 is 0.929 bits per heavy atom. The SMILES string of the molecule is O=P(O)(O)C12CN3CN(CN(C3)C1)C2. The molecule has 0 saturated carbocycles. The zero-order chi connectivity index (χ0) is 9.97. The first-order valence-electron chi connectivity index (χ1n) is 4.71. The van der Waals surface area contributed by atoms with Crippen molar-refractivity contribution in [2.75, 3.05) is 39.6 Å². The molecule has 0 aromatic heterocycles. The molecule has 0 unspecified atom stereocenters. The van der Waals surface area contributed by atoms with Gasteiger partial charge in [-0.3, -0.25) is 19.3 Å². The third kappa shape index (κ3) is 1.13. The minimum atomic E-state index is -3.99. The van der Waals surface area contributed by atoms with Crippen LogP contribution in [0.3, 0.4) is 0 Å². The number of hydrogen-bond donors (Lipinski definition) is 2. The minimum Gasteiger partial charge on any atom is -0.324 e. The Bertz CT molecular complexity index is 280. The fourth-order valence-electron chi connectivity index (χ4n) is 2.96. The highest BCUT2D eigenvalue weighted by Gasteiger charge is 2.57. The van der Waals surface area contributed by atoms with Gasteiger partial charge in [-0.15, -0.1) is 0 Å². The third-order valence-electron chi connectivity index (χ3n) is 3.37. The van der Waals surface area contributed by atoms with E-state index in [-0.39, 0.29) is 0 Å². The Hall–Kier alpha value is 0.0300. The lowest BCUT2D eigenvalue weighted by atomic mass is 10.00. The van der Waals surface area contributed by atoms with Gasteiger partial charge in [0.25, 0.3) is 0 Å². The van der Waals surface area contributed by atoms with E-state index in [0.29, 0.717) is 19.6 Å². The van der Waals surface area contributed by atoms with Crippen molar-refractivity contribution in [3.05, 3.63) is 0 Å². The molecule has 7 heteroatoms. The zero-order valence-electron chi connectivity index (χ0n) is 7.83. The van der Waals surface area contributed by atoms with Crippen molar-refractivity contribution in [2.24, 2.45) is 0 Å². The van der Waals surface area contributed by atoms with Crippen molar-refractivity contribution < 1.29 is 14.4 Å². The first-order chi connectivity index (χ1) is 6.48. The van der Waals surface area contributed by atoms with E-state index in [2.05, 4.69) is 14.7 Å². The topological polar surface area (TPSA) is 67.2 Å². The highest BCUT2D eigenvalue weighted by molar-refractivity contribution is 7.53. The molecule has 0 aromatic rings. The number of hydrogen-bond acceptors (Lipinski definition) is 4. The molecule has 4 heterocycles. The van der Waals surface area contributed by atoms with Crippen LogP contribution in [0.4, 0.5) is 0 Å². The van der Waals surface area contributed by atoms with E-state index >= 15 is 0 Å². The maximum absolute atomic E-state index is 11.5. The molecule has 4 saturated heterocycles. The molecule has 4 aliphatic rings. The van der Waals surface area contributed by atoms with E-state index in [1.165, 1.54) is 0 Å². The normalized spacial score (nSPS) is 51.1.